The highest BCUT2D eigenvalue weighted by molar-refractivity contribution is 7.13. The van der Waals surface area contributed by atoms with Crippen LogP contribution in [0.4, 0.5) is 5.13 Å². The molecule has 1 aliphatic heterocycles. The summed E-state index contributed by atoms with van der Waals surface area (Å²) in [7, 11) is 0. The summed E-state index contributed by atoms with van der Waals surface area (Å²) in [6, 6.07) is 0. The van der Waals surface area contributed by atoms with E-state index in [2.05, 4.69) is 23.7 Å². The van der Waals surface area contributed by atoms with Crippen LogP contribution in [-0.2, 0) is 10.2 Å². The van der Waals surface area contributed by atoms with Crippen molar-refractivity contribution in [3.8, 4) is 0 Å². The zero-order valence-corrected chi connectivity index (χ0v) is 13.6. The normalized spacial score (nSPS) is 19.7. The summed E-state index contributed by atoms with van der Waals surface area (Å²) >= 11 is 1.56. The molecule has 112 valence electrons. The maximum atomic E-state index is 11.3. The van der Waals surface area contributed by atoms with E-state index in [1.165, 1.54) is 12.8 Å². The van der Waals surface area contributed by atoms with Crippen LogP contribution in [0.15, 0.2) is 5.38 Å². The van der Waals surface area contributed by atoms with Crippen LogP contribution in [0.2, 0.25) is 0 Å². The Morgan fingerprint density at radius 3 is 2.75 bits per heavy atom. The lowest BCUT2D eigenvalue weighted by molar-refractivity contribution is -0.142. The fourth-order valence-corrected chi connectivity index (χ4v) is 3.47. The molecule has 0 unspecified atom stereocenters. The molecular formula is C15H24N2O2S. The summed E-state index contributed by atoms with van der Waals surface area (Å²) in [4.78, 5) is 18.2. The zero-order chi connectivity index (χ0) is 15.0. The minimum atomic E-state index is -0.917. The van der Waals surface area contributed by atoms with Crippen LogP contribution in [0.25, 0.3) is 0 Å². The van der Waals surface area contributed by atoms with Crippen LogP contribution in [0.5, 0.6) is 0 Å². The lowest BCUT2D eigenvalue weighted by Gasteiger charge is -2.23. The molecule has 2 heterocycles. The Morgan fingerprint density at radius 1 is 1.40 bits per heavy atom. The number of hydrogen-bond acceptors (Lipinski definition) is 4. The van der Waals surface area contributed by atoms with Gasteiger partial charge in [0, 0.05) is 18.5 Å². The fourth-order valence-electron chi connectivity index (χ4n) is 2.42. The third kappa shape index (κ3) is 3.14. The first-order valence-corrected chi connectivity index (χ1v) is 8.05. The summed E-state index contributed by atoms with van der Waals surface area (Å²) < 4.78 is 0. The van der Waals surface area contributed by atoms with Gasteiger partial charge in [-0.05, 0) is 38.5 Å². The molecule has 0 radical (unpaired) electrons. The lowest BCUT2D eigenvalue weighted by atomic mass is 9.85. The van der Waals surface area contributed by atoms with Gasteiger partial charge in [-0.1, -0.05) is 13.8 Å². The number of aliphatic carboxylic acids is 1. The van der Waals surface area contributed by atoms with E-state index in [1.807, 2.05) is 5.38 Å². The third-order valence-electron chi connectivity index (χ3n) is 4.28. The minimum absolute atomic E-state index is 0.398. The maximum absolute atomic E-state index is 11.3. The highest BCUT2D eigenvalue weighted by Crippen LogP contribution is 2.34. The molecule has 0 aromatic carbocycles. The van der Waals surface area contributed by atoms with Crippen molar-refractivity contribution in [2.75, 3.05) is 18.0 Å². The van der Waals surface area contributed by atoms with Gasteiger partial charge < -0.3 is 10.0 Å². The van der Waals surface area contributed by atoms with Crippen LogP contribution >= 0.6 is 11.3 Å². The molecule has 0 aliphatic carbocycles. The number of aromatic nitrogens is 1. The van der Waals surface area contributed by atoms with Gasteiger partial charge in [0.2, 0.25) is 0 Å². The molecule has 1 aromatic rings. The highest BCUT2D eigenvalue weighted by Gasteiger charge is 2.33. The first-order chi connectivity index (χ1) is 9.22. The molecule has 0 saturated carbocycles. The van der Waals surface area contributed by atoms with Crippen molar-refractivity contribution in [2.45, 2.75) is 52.4 Å². The van der Waals surface area contributed by atoms with Gasteiger partial charge in [0.15, 0.2) is 5.13 Å². The highest BCUT2D eigenvalue weighted by atomic mass is 32.1. The molecule has 0 spiro atoms. The third-order valence-corrected chi connectivity index (χ3v) is 5.18. The van der Waals surface area contributed by atoms with Gasteiger partial charge >= 0.3 is 5.97 Å². The molecule has 1 saturated heterocycles. The summed E-state index contributed by atoms with van der Waals surface area (Å²) in [5.74, 6) is -0.827. The number of nitrogens with zero attached hydrogens (tertiary/aromatic N) is 2. The smallest absolute Gasteiger partial charge is 0.315 e. The van der Waals surface area contributed by atoms with Crippen molar-refractivity contribution in [2.24, 2.45) is 5.41 Å². The topological polar surface area (TPSA) is 53.4 Å². The second kappa shape index (κ2) is 5.35. The van der Waals surface area contributed by atoms with Crippen molar-refractivity contribution in [1.29, 1.82) is 0 Å². The van der Waals surface area contributed by atoms with Crippen LogP contribution in [0, 0.1) is 5.41 Å². The number of carbonyl (C=O) groups is 1. The van der Waals surface area contributed by atoms with Gasteiger partial charge in [0.05, 0.1) is 5.69 Å². The second-order valence-electron chi connectivity index (χ2n) is 6.95. The molecule has 1 aromatic heterocycles. The van der Waals surface area contributed by atoms with E-state index in [-0.39, 0.29) is 0 Å². The Hall–Kier alpha value is -1.10. The molecule has 1 aliphatic rings. The number of carboxylic acid groups (broad SMARTS) is 1. The largest absolute Gasteiger partial charge is 0.481 e. The van der Waals surface area contributed by atoms with Crippen molar-refractivity contribution < 1.29 is 9.90 Å². The number of hydrogen-bond donors (Lipinski definition) is 1. The Bertz CT molecular complexity index is 494. The van der Waals surface area contributed by atoms with E-state index in [1.54, 1.807) is 25.2 Å². The molecular weight excluding hydrogens is 272 g/mol. The number of carboxylic acids is 1. The molecule has 20 heavy (non-hydrogen) atoms. The molecule has 1 fully saturated rings. The number of thiazole rings is 1. The average molecular weight is 296 g/mol. The maximum Gasteiger partial charge on any atom is 0.315 e. The van der Waals surface area contributed by atoms with Crippen LogP contribution in [-0.4, -0.2) is 29.1 Å². The summed E-state index contributed by atoms with van der Waals surface area (Å²) in [5.41, 5.74) is 0.142. The second-order valence-corrected chi connectivity index (χ2v) is 7.79. The monoisotopic (exact) mass is 296 g/mol. The van der Waals surface area contributed by atoms with Crippen LogP contribution in [0.3, 0.4) is 0 Å². The van der Waals surface area contributed by atoms with Gasteiger partial charge in [-0.2, -0.15) is 0 Å². The molecule has 4 nitrogen and oxygen atoms in total. The average Bonchev–Trinajstić information content (AvgIpc) is 2.76. The van der Waals surface area contributed by atoms with E-state index in [9.17, 15) is 9.90 Å². The summed E-state index contributed by atoms with van der Waals surface area (Å²) in [6.07, 6.45) is 3.57. The number of anilines is 1. The van der Waals surface area contributed by atoms with Crippen LogP contribution < -0.4 is 4.90 Å². The van der Waals surface area contributed by atoms with E-state index < -0.39 is 11.4 Å². The Balaban J connectivity index is 2.15. The van der Waals surface area contributed by atoms with Crippen molar-refractivity contribution >= 4 is 22.4 Å². The van der Waals surface area contributed by atoms with Gasteiger partial charge in [0.25, 0.3) is 0 Å². The summed E-state index contributed by atoms with van der Waals surface area (Å²) in [5, 5.41) is 12.1. The Labute approximate surface area is 124 Å². The quantitative estimate of drug-likeness (QED) is 0.927. The molecule has 0 amide bonds. The predicted molar refractivity (Wildman–Crippen MR) is 82.6 cm³/mol. The number of rotatable bonds is 3. The van der Waals surface area contributed by atoms with Crippen molar-refractivity contribution in [3.63, 3.8) is 0 Å². The van der Waals surface area contributed by atoms with Crippen molar-refractivity contribution in [1.82, 2.24) is 4.98 Å². The van der Waals surface area contributed by atoms with E-state index in [0.29, 0.717) is 11.1 Å². The first kappa shape index (κ1) is 15.3. The predicted octanol–water partition coefficient (Wildman–Crippen LogP) is 3.52. The van der Waals surface area contributed by atoms with Gasteiger partial charge in [0.1, 0.15) is 5.41 Å². The molecule has 0 atom stereocenters. The van der Waals surface area contributed by atoms with Crippen molar-refractivity contribution in [3.05, 3.63) is 11.1 Å². The molecule has 1 N–H and O–H groups in total. The molecule has 5 heteroatoms. The minimum Gasteiger partial charge on any atom is -0.481 e. The first-order valence-electron chi connectivity index (χ1n) is 7.17. The fraction of sp³-hybridized carbons (Fsp3) is 0.733. The standard InChI is InChI=1S/C15H24N2O2S/c1-14(2)6-5-8-17(9-7-14)13-16-11(10-20-13)15(3,4)12(18)19/h10H,5-9H2,1-4H3,(H,18,19). The molecule has 0 bridgehead atoms. The van der Waals surface area contributed by atoms with Gasteiger partial charge in [-0.15, -0.1) is 11.3 Å². The van der Waals surface area contributed by atoms with E-state index in [4.69, 9.17) is 0 Å². The van der Waals surface area contributed by atoms with E-state index in [0.717, 1.165) is 24.6 Å². The van der Waals surface area contributed by atoms with Gasteiger partial charge in [-0.25, -0.2) is 4.98 Å². The summed E-state index contributed by atoms with van der Waals surface area (Å²) in [6.45, 7) is 10.1. The van der Waals surface area contributed by atoms with Crippen LogP contribution in [0.1, 0.15) is 52.7 Å². The Morgan fingerprint density at radius 2 is 2.10 bits per heavy atom. The van der Waals surface area contributed by atoms with E-state index >= 15 is 0 Å². The SMILES string of the molecule is CC1(C)CCCN(c2nc(C(C)(C)C(=O)O)cs2)CC1. The van der Waals surface area contributed by atoms with Gasteiger partial charge in [-0.3, -0.25) is 4.79 Å². The zero-order valence-electron chi connectivity index (χ0n) is 12.8. The molecule has 2 rings (SSSR count). The Kier molecular flexibility index (Phi) is 4.09. The lowest BCUT2D eigenvalue weighted by Crippen LogP contribution is -2.29.